The molecule has 0 spiro atoms. The Morgan fingerprint density at radius 2 is 1.67 bits per heavy atom. The molecule has 0 radical (unpaired) electrons. The summed E-state index contributed by atoms with van der Waals surface area (Å²) < 4.78 is 12.8. The second-order valence-corrected chi connectivity index (χ2v) is 6.47. The molecule has 1 N–H and O–H groups in total. The van der Waals surface area contributed by atoms with Crippen molar-refractivity contribution in [3.05, 3.63) is 24.3 Å². The number of anilines is 1. The third-order valence-corrected chi connectivity index (χ3v) is 5.29. The van der Waals surface area contributed by atoms with E-state index in [1.165, 1.54) is 38.2 Å². The highest BCUT2D eigenvalue weighted by molar-refractivity contribution is 5.42. The third-order valence-electron chi connectivity index (χ3n) is 5.29. The van der Waals surface area contributed by atoms with E-state index in [0.717, 1.165) is 29.4 Å². The van der Waals surface area contributed by atoms with Crippen LogP contribution in [0.4, 0.5) is 10.1 Å². The first-order valence-electron chi connectivity index (χ1n) is 7.16. The van der Waals surface area contributed by atoms with Crippen molar-refractivity contribution in [2.45, 2.75) is 38.1 Å². The first kappa shape index (κ1) is 10.8. The van der Waals surface area contributed by atoms with Crippen LogP contribution in [0.15, 0.2) is 18.3 Å². The lowest BCUT2D eigenvalue weighted by atomic mass is 9.54. The Labute approximate surface area is 107 Å². The van der Waals surface area contributed by atoms with Gasteiger partial charge in [-0.2, -0.15) is 4.39 Å². The van der Waals surface area contributed by atoms with Gasteiger partial charge in [0.15, 0.2) is 0 Å². The SMILES string of the molecule is Fc1ccc(NC2C3CC4CC(C3)CC2C4)cn1. The summed E-state index contributed by atoms with van der Waals surface area (Å²) in [4.78, 5) is 3.73. The number of halogens is 1. The van der Waals surface area contributed by atoms with Gasteiger partial charge in [0.2, 0.25) is 5.95 Å². The predicted molar refractivity (Wildman–Crippen MR) is 68.7 cm³/mol. The molecule has 1 heterocycles. The number of rotatable bonds is 2. The summed E-state index contributed by atoms with van der Waals surface area (Å²) in [5.41, 5.74) is 0.980. The van der Waals surface area contributed by atoms with Crippen molar-refractivity contribution in [1.29, 1.82) is 0 Å². The number of nitrogens with zero attached hydrogens (tertiary/aromatic N) is 1. The minimum atomic E-state index is -0.398. The van der Waals surface area contributed by atoms with Crippen molar-refractivity contribution < 1.29 is 4.39 Å². The quantitative estimate of drug-likeness (QED) is 0.808. The summed E-state index contributed by atoms with van der Waals surface area (Å²) >= 11 is 0. The van der Waals surface area contributed by atoms with E-state index in [1.54, 1.807) is 6.20 Å². The van der Waals surface area contributed by atoms with Gasteiger partial charge in [-0.05, 0) is 67.9 Å². The Morgan fingerprint density at radius 1 is 1.00 bits per heavy atom. The van der Waals surface area contributed by atoms with Crippen LogP contribution in [-0.2, 0) is 0 Å². The van der Waals surface area contributed by atoms with E-state index in [0.29, 0.717) is 6.04 Å². The smallest absolute Gasteiger partial charge is 0.212 e. The molecule has 1 aromatic heterocycles. The number of hydrogen-bond donors (Lipinski definition) is 1. The lowest BCUT2D eigenvalue weighted by Gasteiger charge is -2.54. The van der Waals surface area contributed by atoms with Crippen LogP contribution in [-0.4, -0.2) is 11.0 Å². The van der Waals surface area contributed by atoms with Gasteiger partial charge in [0, 0.05) is 6.04 Å². The van der Waals surface area contributed by atoms with Gasteiger partial charge in [-0.3, -0.25) is 0 Å². The Bertz CT molecular complexity index is 414. The van der Waals surface area contributed by atoms with E-state index in [-0.39, 0.29) is 0 Å². The molecule has 0 atom stereocenters. The average molecular weight is 246 g/mol. The van der Waals surface area contributed by atoms with Gasteiger partial charge in [0.1, 0.15) is 0 Å². The monoisotopic (exact) mass is 246 g/mol. The third kappa shape index (κ3) is 1.72. The Morgan fingerprint density at radius 3 is 2.22 bits per heavy atom. The molecule has 0 aliphatic heterocycles. The number of nitrogens with one attached hydrogen (secondary N) is 1. The van der Waals surface area contributed by atoms with E-state index >= 15 is 0 Å². The topological polar surface area (TPSA) is 24.9 Å². The summed E-state index contributed by atoms with van der Waals surface area (Å²) in [5.74, 6) is 3.28. The van der Waals surface area contributed by atoms with Crippen LogP contribution in [0.2, 0.25) is 0 Å². The van der Waals surface area contributed by atoms with Gasteiger partial charge in [-0.25, -0.2) is 4.98 Å². The van der Waals surface area contributed by atoms with Gasteiger partial charge >= 0.3 is 0 Å². The van der Waals surface area contributed by atoms with Crippen molar-refractivity contribution in [2.75, 3.05) is 5.32 Å². The molecule has 1 aromatic rings. The van der Waals surface area contributed by atoms with Crippen LogP contribution in [0.25, 0.3) is 0 Å². The van der Waals surface area contributed by atoms with E-state index in [4.69, 9.17) is 0 Å². The number of pyridine rings is 1. The standard InChI is InChI=1S/C15H19FN2/c16-14-2-1-13(8-17-14)18-15-11-4-9-3-10(6-11)7-12(15)5-9/h1-2,8-12,15,18H,3-7H2. The van der Waals surface area contributed by atoms with Crippen LogP contribution < -0.4 is 5.32 Å². The molecule has 4 aliphatic carbocycles. The molecule has 2 nitrogen and oxygen atoms in total. The van der Waals surface area contributed by atoms with Crippen molar-refractivity contribution >= 4 is 5.69 Å². The fourth-order valence-electron chi connectivity index (χ4n) is 4.81. The Hall–Kier alpha value is -1.12. The van der Waals surface area contributed by atoms with Crippen LogP contribution in [0.5, 0.6) is 0 Å². The number of aromatic nitrogens is 1. The van der Waals surface area contributed by atoms with E-state index in [1.807, 2.05) is 6.07 Å². The van der Waals surface area contributed by atoms with Crippen molar-refractivity contribution in [3.63, 3.8) is 0 Å². The van der Waals surface area contributed by atoms with E-state index < -0.39 is 5.95 Å². The second-order valence-electron chi connectivity index (χ2n) is 6.47. The first-order chi connectivity index (χ1) is 8.78. The maximum Gasteiger partial charge on any atom is 0.212 e. The maximum absolute atomic E-state index is 12.8. The molecular formula is C15H19FN2. The minimum Gasteiger partial charge on any atom is -0.381 e. The maximum atomic E-state index is 12.8. The van der Waals surface area contributed by atoms with E-state index in [9.17, 15) is 4.39 Å². The Balaban J connectivity index is 1.53. The van der Waals surface area contributed by atoms with Gasteiger partial charge < -0.3 is 5.32 Å². The van der Waals surface area contributed by atoms with Crippen molar-refractivity contribution in [2.24, 2.45) is 23.7 Å². The van der Waals surface area contributed by atoms with Crippen LogP contribution in [0.3, 0.4) is 0 Å². The van der Waals surface area contributed by atoms with Crippen molar-refractivity contribution in [3.8, 4) is 0 Å². The highest BCUT2D eigenvalue weighted by Gasteiger charge is 2.48. The van der Waals surface area contributed by atoms with Gasteiger partial charge in [0.25, 0.3) is 0 Å². The minimum absolute atomic E-state index is 0.398. The van der Waals surface area contributed by atoms with Gasteiger partial charge in [-0.1, -0.05) is 0 Å². The van der Waals surface area contributed by atoms with Gasteiger partial charge in [0.05, 0.1) is 11.9 Å². The number of hydrogen-bond acceptors (Lipinski definition) is 2. The normalized spacial score (nSPS) is 41.1. The molecule has 4 aliphatic rings. The highest BCUT2D eigenvalue weighted by atomic mass is 19.1. The van der Waals surface area contributed by atoms with E-state index in [2.05, 4.69) is 10.3 Å². The fourth-order valence-corrected chi connectivity index (χ4v) is 4.81. The fraction of sp³-hybridized carbons (Fsp3) is 0.667. The first-order valence-corrected chi connectivity index (χ1v) is 7.16. The lowest BCUT2D eigenvalue weighted by Crippen LogP contribution is -2.51. The second kappa shape index (κ2) is 3.94. The zero-order valence-electron chi connectivity index (χ0n) is 10.5. The summed E-state index contributed by atoms with van der Waals surface area (Å²) in [7, 11) is 0. The summed E-state index contributed by atoms with van der Waals surface area (Å²) in [6.45, 7) is 0. The zero-order valence-corrected chi connectivity index (χ0v) is 10.5. The Kier molecular flexibility index (Phi) is 2.36. The van der Waals surface area contributed by atoms with Crippen LogP contribution >= 0.6 is 0 Å². The molecule has 5 rings (SSSR count). The molecule has 18 heavy (non-hydrogen) atoms. The molecule has 0 unspecified atom stereocenters. The van der Waals surface area contributed by atoms with Crippen molar-refractivity contribution in [1.82, 2.24) is 4.98 Å². The average Bonchev–Trinajstić information content (AvgIpc) is 2.35. The lowest BCUT2D eigenvalue weighted by molar-refractivity contribution is 0.00753. The highest BCUT2D eigenvalue weighted by Crippen LogP contribution is 2.54. The van der Waals surface area contributed by atoms with Crippen LogP contribution in [0, 0.1) is 29.6 Å². The molecule has 4 fully saturated rings. The molecule has 0 saturated heterocycles. The molecule has 0 amide bonds. The van der Waals surface area contributed by atoms with Gasteiger partial charge in [-0.15, -0.1) is 0 Å². The molecule has 4 saturated carbocycles. The molecular weight excluding hydrogens is 227 g/mol. The molecule has 4 bridgehead atoms. The molecule has 0 aromatic carbocycles. The summed E-state index contributed by atoms with van der Waals surface area (Å²) in [6.07, 6.45) is 8.72. The van der Waals surface area contributed by atoms with Crippen LogP contribution in [0.1, 0.15) is 32.1 Å². The molecule has 96 valence electrons. The molecule has 3 heteroatoms. The summed E-state index contributed by atoms with van der Waals surface area (Å²) in [5, 5.41) is 3.62. The largest absolute Gasteiger partial charge is 0.381 e. The predicted octanol–water partition coefficient (Wildman–Crippen LogP) is 3.46. The summed E-state index contributed by atoms with van der Waals surface area (Å²) in [6, 6.07) is 3.86. The zero-order chi connectivity index (χ0) is 12.1.